The summed E-state index contributed by atoms with van der Waals surface area (Å²) in [4.78, 5) is 53.2. The molecule has 0 aliphatic heterocycles. The molecule has 0 radical (unpaired) electrons. The molecule has 1 aromatic heterocycles. The summed E-state index contributed by atoms with van der Waals surface area (Å²) in [7, 11) is 1.77. The lowest BCUT2D eigenvalue weighted by Gasteiger charge is -2.12. The van der Waals surface area contributed by atoms with E-state index in [4.69, 9.17) is 0 Å². The average Bonchev–Trinajstić information content (AvgIpc) is 3.31. The molecule has 0 fully saturated rings. The lowest BCUT2D eigenvalue weighted by atomic mass is 10.0. The van der Waals surface area contributed by atoms with Gasteiger partial charge in [-0.1, -0.05) is 74.5 Å². The van der Waals surface area contributed by atoms with Crippen LogP contribution in [0, 0.1) is 6.92 Å². The molecule has 1 heterocycles. The summed E-state index contributed by atoms with van der Waals surface area (Å²) >= 11 is 1.30. The molecule has 0 aliphatic rings. The molecule has 9 nitrogen and oxygen atoms in total. The van der Waals surface area contributed by atoms with Gasteiger partial charge in [0.15, 0.2) is 0 Å². The van der Waals surface area contributed by atoms with Crippen LogP contribution in [0.25, 0.3) is 11.8 Å². The number of benzene rings is 4. The molecule has 0 atom stereocenters. The Labute approximate surface area is 283 Å². The number of carbonyl (C=O) groups is 3. The second-order valence-electron chi connectivity index (χ2n) is 11.5. The Morgan fingerprint density at radius 2 is 1.44 bits per heavy atom. The molecule has 48 heavy (non-hydrogen) atoms. The molecule has 0 unspecified atom stereocenters. The van der Waals surface area contributed by atoms with Crippen LogP contribution in [0.15, 0.2) is 125 Å². The quantitative estimate of drug-likeness (QED) is 0.107. The predicted molar refractivity (Wildman–Crippen MR) is 193 cm³/mol. The SMILES string of the molecule is Cc1c(NC(=O)CSc2ccc(NC(=O)/C(=C/c3ccc(C(C)C)cc3)NC(=O)c3ccccc3)cc2)c(=O)n(-c2ccccc2)n1C. The van der Waals surface area contributed by atoms with Crippen LogP contribution in [-0.2, 0) is 16.6 Å². The summed E-state index contributed by atoms with van der Waals surface area (Å²) in [6, 6.07) is 32.8. The second kappa shape index (κ2) is 15.3. The first-order valence-electron chi connectivity index (χ1n) is 15.5. The number of hydrogen-bond acceptors (Lipinski definition) is 5. The van der Waals surface area contributed by atoms with E-state index in [1.807, 2.05) is 60.7 Å². The van der Waals surface area contributed by atoms with Gasteiger partial charge < -0.3 is 16.0 Å². The molecule has 3 amide bonds. The van der Waals surface area contributed by atoms with Crippen LogP contribution < -0.4 is 21.5 Å². The Kier molecular flexibility index (Phi) is 10.8. The Hall–Kier alpha value is -5.61. The van der Waals surface area contributed by atoms with E-state index >= 15 is 0 Å². The van der Waals surface area contributed by atoms with E-state index in [1.54, 1.807) is 73.3 Å². The van der Waals surface area contributed by atoms with E-state index < -0.39 is 11.8 Å². The van der Waals surface area contributed by atoms with Crippen molar-refractivity contribution >= 4 is 46.9 Å². The van der Waals surface area contributed by atoms with E-state index in [2.05, 4.69) is 29.8 Å². The van der Waals surface area contributed by atoms with Gasteiger partial charge in [-0.3, -0.25) is 23.9 Å². The van der Waals surface area contributed by atoms with Crippen molar-refractivity contribution in [3.8, 4) is 5.69 Å². The predicted octanol–water partition coefficient (Wildman–Crippen LogP) is 6.75. The fourth-order valence-electron chi connectivity index (χ4n) is 4.96. The van der Waals surface area contributed by atoms with Gasteiger partial charge >= 0.3 is 0 Å². The minimum atomic E-state index is -0.480. The van der Waals surface area contributed by atoms with Gasteiger partial charge in [0.1, 0.15) is 11.4 Å². The highest BCUT2D eigenvalue weighted by atomic mass is 32.2. The van der Waals surface area contributed by atoms with Crippen molar-refractivity contribution in [1.82, 2.24) is 14.7 Å². The van der Waals surface area contributed by atoms with Crippen LogP contribution in [0.1, 0.15) is 46.9 Å². The first-order chi connectivity index (χ1) is 23.1. The lowest BCUT2D eigenvalue weighted by Crippen LogP contribution is -2.30. The van der Waals surface area contributed by atoms with Crippen molar-refractivity contribution < 1.29 is 14.4 Å². The number of nitrogens with zero attached hydrogens (tertiary/aromatic N) is 2. The van der Waals surface area contributed by atoms with Crippen LogP contribution in [0.3, 0.4) is 0 Å². The molecule has 0 aliphatic carbocycles. The van der Waals surface area contributed by atoms with Gasteiger partial charge in [-0.15, -0.1) is 11.8 Å². The third kappa shape index (κ3) is 8.21. The number of para-hydroxylation sites is 1. The van der Waals surface area contributed by atoms with Gasteiger partial charge in [-0.2, -0.15) is 0 Å². The average molecular weight is 660 g/mol. The zero-order chi connectivity index (χ0) is 34.2. The number of anilines is 2. The minimum Gasteiger partial charge on any atom is -0.321 e. The van der Waals surface area contributed by atoms with E-state index in [9.17, 15) is 19.2 Å². The Morgan fingerprint density at radius 3 is 2.06 bits per heavy atom. The number of aromatic nitrogens is 2. The Morgan fingerprint density at radius 1 is 0.812 bits per heavy atom. The van der Waals surface area contributed by atoms with Crippen LogP contribution in [0.4, 0.5) is 11.4 Å². The normalized spacial score (nSPS) is 11.3. The third-order valence-corrected chi connectivity index (χ3v) is 8.76. The summed E-state index contributed by atoms with van der Waals surface area (Å²) in [6.07, 6.45) is 1.65. The van der Waals surface area contributed by atoms with Crippen LogP contribution in [-0.4, -0.2) is 32.8 Å². The first kappa shape index (κ1) is 33.7. The molecule has 0 bridgehead atoms. The minimum absolute atomic E-state index is 0.0822. The summed E-state index contributed by atoms with van der Waals surface area (Å²) in [5.41, 5.74) is 4.27. The second-order valence-corrected chi connectivity index (χ2v) is 12.5. The van der Waals surface area contributed by atoms with Crippen LogP contribution in [0.2, 0.25) is 0 Å². The molecule has 5 aromatic rings. The zero-order valence-electron chi connectivity index (χ0n) is 27.2. The van der Waals surface area contributed by atoms with Crippen LogP contribution >= 0.6 is 11.8 Å². The number of thioether (sulfide) groups is 1. The van der Waals surface area contributed by atoms with Gasteiger partial charge in [-0.25, -0.2) is 4.68 Å². The maximum Gasteiger partial charge on any atom is 0.295 e. The summed E-state index contributed by atoms with van der Waals surface area (Å²) < 4.78 is 3.23. The lowest BCUT2D eigenvalue weighted by molar-refractivity contribution is -0.114. The van der Waals surface area contributed by atoms with Crippen LogP contribution in [0.5, 0.6) is 0 Å². The van der Waals surface area contributed by atoms with Gasteiger partial charge in [0, 0.05) is 23.2 Å². The Balaban J connectivity index is 1.23. The molecular weight excluding hydrogens is 623 g/mol. The highest BCUT2D eigenvalue weighted by Gasteiger charge is 2.19. The van der Waals surface area contributed by atoms with E-state index in [1.165, 1.54) is 22.0 Å². The standard InChI is InChI=1S/C38H37N5O4S/c1-25(2)28-17-15-27(16-18-28)23-33(40-36(45)29-11-7-5-8-12-29)37(46)39-30-19-21-32(22-20-30)48-24-34(44)41-35-26(3)42(4)43(38(35)47)31-13-9-6-10-14-31/h5-23,25H,24H2,1-4H3,(H,39,46)(H,40,45)(H,41,44)/b33-23-. The third-order valence-electron chi connectivity index (χ3n) is 7.74. The number of carbonyl (C=O) groups excluding carboxylic acids is 3. The van der Waals surface area contributed by atoms with Crippen molar-refractivity contribution in [2.75, 3.05) is 16.4 Å². The topological polar surface area (TPSA) is 114 Å². The van der Waals surface area contributed by atoms with Crippen molar-refractivity contribution in [2.24, 2.45) is 7.05 Å². The molecular formula is C38H37N5O4S. The highest BCUT2D eigenvalue weighted by Crippen LogP contribution is 2.22. The maximum atomic E-state index is 13.4. The fourth-order valence-corrected chi connectivity index (χ4v) is 5.65. The van der Waals surface area contributed by atoms with Gasteiger partial charge in [0.25, 0.3) is 17.4 Å². The largest absolute Gasteiger partial charge is 0.321 e. The smallest absolute Gasteiger partial charge is 0.295 e. The highest BCUT2D eigenvalue weighted by molar-refractivity contribution is 8.00. The number of nitrogens with one attached hydrogen (secondary N) is 3. The van der Waals surface area contributed by atoms with Gasteiger partial charge in [0.05, 0.1) is 17.1 Å². The van der Waals surface area contributed by atoms with Crippen molar-refractivity contribution in [3.63, 3.8) is 0 Å². The van der Waals surface area contributed by atoms with E-state index in [0.717, 1.165) is 10.5 Å². The molecule has 244 valence electrons. The molecule has 0 saturated carbocycles. The molecule has 5 rings (SSSR count). The van der Waals surface area contributed by atoms with Gasteiger partial charge in [0.2, 0.25) is 5.91 Å². The molecule has 10 heteroatoms. The van der Waals surface area contributed by atoms with Crippen molar-refractivity contribution in [2.45, 2.75) is 31.6 Å². The molecule has 0 spiro atoms. The number of hydrogen-bond donors (Lipinski definition) is 3. The van der Waals surface area contributed by atoms with Gasteiger partial charge in [-0.05, 0) is 78.6 Å². The summed E-state index contributed by atoms with van der Waals surface area (Å²) in [5, 5.41) is 8.39. The first-order valence-corrected chi connectivity index (χ1v) is 16.5. The van der Waals surface area contributed by atoms with E-state index in [-0.39, 0.29) is 28.6 Å². The molecule has 4 aromatic carbocycles. The zero-order valence-corrected chi connectivity index (χ0v) is 28.0. The monoisotopic (exact) mass is 659 g/mol. The Bertz CT molecular complexity index is 2000. The molecule has 0 saturated heterocycles. The molecule has 3 N–H and O–H groups in total. The number of rotatable bonds is 11. The van der Waals surface area contributed by atoms with Crippen molar-refractivity contribution in [3.05, 3.63) is 148 Å². The fraction of sp³-hybridized carbons (Fsp3) is 0.158. The van der Waals surface area contributed by atoms with E-state index in [0.29, 0.717) is 28.6 Å². The van der Waals surface area contributed by atoms with Crippen molar-refractivity contribution in [1.29, 1.82) is 0 Å². The summed E-state index contributed by atoms with van der Waals surface area (Å²) in [5.74, 6) is -0.741. The maximum absolute atomic E-state index is 13.4. The number of amides is 3. The summed E-state index contributed by atoms with van der Waals surface area (Å²) in [6.45, 7) is 6.00.